The summed E-state index contributed by atoms with van der Waals surface area (Å²) in [7, 11) is 0. The first-order valence-corrected chi connectivity index (χ1v) is 4.26. The Hall–Kier alpha value is -0.981. The van der Waals surface area contributed by atoms with Crippen LogP contribution in [0.4, 0.5) is 0 Å². The SMILES string of the molecule is Cc1ccc[c-]c1-c1ccccn1.[Ir]. The molecule has 0 aliphatic carbocycles. The van der Waals surface area contributed by atoms with Crippen molar-refractivity contribution in [3.8, 4) is 11.3 Å². The molecular formula is C12H10IrN-. The molecule has 1 heterocycles. The smallest absolute Gasteiger partial charge is 0.0160 e. The van der Waals surface area contributed by atoms with Crippen molar-refractivity contribution in [3.05, 3.63) is 54.2 Å². The number of pyridine rings is 1. The van der Waals surface area contributed by atoms with Gasteiger partial charge in [0.1, 0.15) is 0 Å². The molecule has 0 amide bonds. The Balaban J connectivity index is 0.000000980. The van der Waals surface area contributed by atoms with Gasteiger partial charge in [0.05, 0.1) is 0 Å². The van der Waals surface area contributed by atoms with Crippen molar-refractivity contribution in [1.82, 2.24) is 4.98 Å². The second-order valence-corrected chi connectivity index (χ2v) is 2.94. The van der Waals surface area contributed by atoms with Crippen LogP contribution in [-0.2, 0) is 20.1 Å². The molecule has 1 nitrogen and oxygen atoms in total. The monoisotopic (exact) mass is 361 g/mol. The molecule has 1 aromatic heterocycles. The molecule has 2 aromatic rings. The van der Waals surface area contributed by atoms with Gasteiger partial charge in [-0.1, -0.05) is 19.1 Å². The van der Waals surface area contributed by atoms with Crippen molar-refractivity contribution in [1.29, 1.82) is 0 Å². The van der Waals surface area contributed by atoms with Crippen LogP contribution in [0.2, 0.25) is 0 Å². The molecule has 2 heteroatoms. The van der Waals surface area contributed by atoms with Gasteiger partial charge in [0, 0.05) is 26.3 Å². The zero-order valence-corrected chi connectivity index (χ0v) is 10.2. The molecule has 2 rings (SSSR count). The van der Waals surface area contributed by atoms with Gasteiger partial charge in [0.25, 0.3) is 0 Å². The fourth-order valence-corrected chi connectivity index (χ4v) is 1.31. The van der Waals surface area contributed by atoms with Gasteiger partial charge in [0.2, 0.25) is 0 Å². The number of hydrogen-bond acceptors (Lipinski definition) is 1. The number of benzene rings is 1. The van der Waals surface area contributed by atoms with Crippen molar-refractivity contribution < 1.29 is 20.1 Å². The molecule has 0 spiro atoms. The van der Waals surface area contributed by atoms with Gasteiger partial charge in [-0.05, 0) is 11.8 Å². The Morgan fingerprint density at radius 1 is 1.14 bits per heavy atom. The molecule has 1 aromatic carbocycles. The maximum Gasteiger partial charge on any atom is 0.0160 e. The van der Waals surface area contributed by atoms with Crippen LogP contribution < -0.4 is 0 Å². The molecule has 0 saturated carbocycles. The first-order chi connectivity index (χ1) is 6.38. The van der Waals surface area contributed by atoms with Gasteiger partial charge in [-0.3, -0.25) is 0 Å². The summed E-state index contributed by atoms with van der Waals surface area (Å²) in [6.07, 6.45) is 1.80. The van der Waals surface area contributed by atoms with E-state index in [-0.39, 0.29) is 20.1 Å². The first-order valence-electron chi connectivity index (χ1n) is 4.26. The maximum atomic E-state index is 4.28. The van der Waals surface area contributed by atoms with E-state index >= 15 is 0 Å². The van der Waals surface area contributed by atoms with Gasteiger partial charge in [0.15, 0.2) is 0 Å². The number of rotatable bonds is 1. The number of aryl methyl sites for hydroxylation is 1. The molecule has 0 unspecified atom stereocenters. The molecule has 0 saturated heterocycles. The standard InChI is InChI=1S/C12H10N.Ir/c1-10-6-2-3-7-11(10)12-8-4-5-9-13-12;/h2-6,8-9H,1H3;/q-1;. The summed E-state index contributed by atoms with van der Waals surface area (Å²) >= 11 is 0. The molecule has 0 atom stereocenters. The fourth-order valence-electron chi connectivity index (χ4n) is 1.31. The topological polar surface area (TPSA) is 12.9 Å². The number of aromatic nitrogens is 1. The second kappa shape index (κ2) is 5.04. The average Bonchev–Trinajstić information content (AvgIpc) is 2.20. The van der Waals surface area contributed by atoms with Crippen LogP contribution in [0, 0.1) is 13.0 Å². The van der Waals surface area contributed by atoms with E-state index < -0.39 is 0 Å². The van der Waals surface area contributed by atoms with Crippen LogP contribution in [0.3, 0.4) is 0 Å². The van der Waals surface area contributed by atoms with Gasteiger partial charge < -0.3 is 4.98 Å². The summed E-state index contributed by atoms with van der Waals surface area (Å²) < 4.78 is 0. The van der Waals surface area contributed by atoms with E-state index in [0.29, 0.717) is 0 Å². The third-order valence-corrected chi connectivity index (χ3v) is 1.99. The molecule has 0 aliphatic heterocycles. The van der Waals surface area contributed by atoms with Crippen LogP contribution in [0.25, 0.3) is 11.3 Å². The van der Waals surface area contributed by atoms with E-state index in [1.165, 1.54) is 5.56 Å². The molecule has 0 aliphatic rings. The summed E-state index contributed by atoms with van der Waals surface area (Å²) in [5, 5.41) is 0. The average molecular weight is 360 g/mol. The molecule has 0 fully saturated rings. The minimum Gasteiger partial charge on any atom is -0.305 e. The molecule has 73 valence electrons. The third kappa shape index (κ3) is 2.28. The molecule has 14 heavy (non-hydrogen) atoms. The molecule has 1 radical (unpaired) electrons. The minimum absolute atomic E-state index is 0. The van der Waals surface area contributed by atoms with Gasteiger partial charge >= 0.3 is 0 Å². The number of hydrogen-bond donors (Lipinski definition) is 0. The van der Waals surface area contributed by atoms with E-state index in [2.05, 4.69) is 24.0 Å². The Bertz CT molecular complexity index is 398. The second-order valence-electron chi connectivity index (χ2n) is 2.94. The van der Waals surface area contributed by atoms with Crippen molar-refractivity contribution >= 4 is 0 Å². The van der Waals surface area contributed by atoms with E-state index in [0.717, 1.165) is 11.3 Å². The Labute approximate surface area is 97.6 Å². The van der Waals surface area contributed by atoms with Crippen molar-refractivity contribution in [3.63, 3.8) is 0 Å². The van der Waals surface area contributed by atoms with Crippen LogP contribution in [-0.4, -0.2) is 4.98 Å². The van der Waals surface area contributed by atoms with Crippen LogP contribution in [0.5, 0.6) is 0 Å². The Morgan fingerprint density at radius 3 is 2.64 bits per heavy atom. The third-order valence-electron chi connectivity index (χ3n) is 1.99. The first kappa shape index (κ1) is 11.1. The largest absolute Gasteiger partial charge is 0.305 e. The van der Waals surface area contributed by atoms with Crippen molar-refractivity contribution in [2.24, 2.45) is 0 Å². The predicted molar refractivity (Wildman–Crippen MR) is 53.2 cm³/mol. The van der Waals surface area contributed by atoms with Crippen molar-refractivity contribution in [2.45, 2.75) is 6.92 Å². The van der Waals surface area contributed by atoms with Gasteiger partial charge in [-0.15, -0.1) is 35.4 Å². The molecule has 0 N–H and O–H groups in total. The van der Waals surface area contributed by atoms with Crippen LogP contribution in [0.1, 0.15) is 5.56 Å². The van der Waals surface area contributed by atoms with E-state index in [1.807, 2.05) is 30.3 Å². The normalized spacial score (nSPS) is 9.21. The zero-order valence-electron chi connectivity index (χ0n) is 7.82. The summed E-state index contributed by atoms with van der Waals surface area (Å²) in [5.41, 5.74) is 3.28. The summed E-state index contributed by atoms with van der Waals surface area (Å²) in [6, 6.07) is 15.1. The molecular weight excluding hydrogens is 350 g/mol. The van der Waals surface area contributed by atoms with E-state index in [9.17, 15) is 0 Å². The van der Waals surface area contributed by atoms with Crippen LogP contribution in [0.15, 0.2) is 42.6 Å². The minimum atomic E-state index is 0. The zero-order chi connectivity index (χ0) is 9.10. The Kier molecular flexibility index (Phi) is 3.99. The summed E-state index contributed by atoms with van der Waals surface area (Å²) in [5.74, 6) is 0. The Morgan fingerprint density at radius 2 is 2.00 bits per heavy atom. The van der Waals surface area contributed by atoms with Gasteiger partial charge in [-0.25, -0.2) is 0 Å². The molecule has 0 bridgehead atoms. The number of nitrogens with zero attached hydrogens (tertiary/aromatic N) is 1. The maximum absolute atomic E-state index is 4.28. The predicted octanol–water partition coefficient (Wildman–Crippen LogP) is 2.85. The fraction of sp³-hybridized carbons (Fsp3) is 0.0833. The summed E-state index contributed by atoms with van der Waals surface area (Å²) in [4.78, 5) is 4.28. The van der Waals surface area contributed by atoms with E-state index in [1.54, 1.807) is 6.20 Å². The summed E-state index contributed by atoms with van der Waals surface area (Å²) in [6.45, 7) is 2.07. The van der Waals surface area contributed by atoms with Crippen molar-refractivity contribution in [2.75, 3.05) is 0 Å². The van der Waals surface area contributed by atoms with Crippen LogP contribution >= 0.6 is 0 Å². The van der Waals surface area contributed by atoms with Gasteiger partial charge in [-0.2, -0.15) is 0 Å². The quantitative estimate of drug-likeness (QED) is 0.713. The van der Waals surface area contributed by atoms with E-state index in [4.69, 9.17) is 0 Å².